The van der Waals surface area contributed by atoms with Crippen molar-refractivity contribution >= 4 is 6.03 Å². The summed E-state index contributed by atoms with van der Waals surface area (Å²) in [4.78, 5) is 14.5. The number of morpholine rings is 1. The van der Waals surface area contributed by atoms with Crippen LogP contribution in [0.25, 0.3) is 0 Å². The zero-order valence-electron chi connectivity index (χ0n) is 14.1. The molecule has 1 saturated heterocycles. The summed E-state index contributed by atoms with van der Waals surface area (Å²) < 4.78 is 5.87. The number of rotatable bonds is 2. The SMILES string of the molecule is Cc1ccc(C2CN(C(=O)NC3CCCCCC3)CCO2)cc1. The van der Waals surface area contributed by atoms with Gasteiger partial charge in [-0.3, -0.25) is 0 Å². The molecule has 0 bridgehead atoms. The van der Waals surface area contributed by atoms with Gasteiger partial charge in [-0.15, -0.1) is 0 Å². The standard InChI is InChI=1S/C19H28N2O2/c1-15-8-10-16(11-9-15)18-14-21(12-13-23-18)19(22)20-17-6-4-2-3-5-7-17/h8-11,17-18H,2-7,12-14H2,1H3,(H,20,22). The summed E-state index contributed by atoms with van der Waals surface area (Å²) in [6.45, 7) is 4.01. The zero-order valence-corrected chi connectivity index (χ0v) is 14.1. The van der Waals surface area contributed by atoms with E-state index in [0.29, 0.717) is 25.7 Å². The van der Waals surface area contributed by atoms with Crippen molar-refractivity contribution in [3.05, 3.63) is 35.4 Å². The second kappa shape index (κ2) is 7.82. The molecular weight excluding hydrogens is 288 g/mol. The minimum atomic E-state index is -0.00997. The van der Waals surface area contributed by atoms with Crippen LogP contribution in [0.4, 0.5) is 4.79 Å². The maximum Gasteiger partial charge on any atom is 0.317 e. The summed E-state index contributed by atoms with van der Waals surface area (Å²) in [5, 5.41) is 3.24. The Hall–Kier alpha value is -1.55. The van der Waals surface area contributed by atoms with E-state index in [-0.39, 0.29) is 12.1 Å². The van der Waals surface area contributed by atoms with E-state index in [1.165, 1.54) is 31.2 Å². The third-order valence-electron chi connectivity index (χ3n) is 4.99. The monoisotopic (exact) mass is 316 g/mol. The van der Waals surface area contributed by atoms with Gasteiger partial charge < -0.3 is 15.0 Å². The molecule has 1 saturated carbocycles. The van der Waals surface area contributed by atoms with Gasteiger partial charge in [-0.2, -0.15) is 0 Å². The van der Waals surface area contributed by atoms with Gasteiger partial charge in [0.1, 0.15) is 6.10 Å². The minimum absolute atomic E-state index is 0.00997. The van der Waals surface area contributed by atoms with Crippen LogP contribution in [0.3, 0.4) is 0 Å². The van der Waals surface area contributed by atoms with E-state index < -0.39 is 0 Å². The molecule has 1 atom stereocenters. The molecule has 1 unspecified atom stereocenters. The highest BCUT2D eigenvalue weighted by molar-refractivity contribution is 5.74. The van der Waals surface area contributed by atoms with Crippen LogP contribution in [-0.2, 0) is 4.74 Å². The second-order valence-electron chi connectivity index (χ2n) is 6.85. The van der Waals surface area contributed by atoms with E-state index in [0.717, 1.165) is 18.4 Å². The van der Waals surface area contributed by atoms with E-state index in [9.17, 15) is 4.79 Å². The fraction of sp³-hybridized carbons (Fsp3) is 0.632. The molecule has 23 heavy (non-hydrogen) atoms. The lowest BCUT2D eigenvalue weighted by Gasteiger charge is -2.34. The Bertz CT molecular complexity index is 507. The molecule has 126 valence electrons. The fourth-order valence-electron chi connectivity index (χ4n) is 3.51. The maximum atomic E-state index is 12.6. The van der Waals surface area contributed by atoms with Gasteiger partial charge in [-0.05, 0) is 25.3 Å². The van der Waals surface area contributed by atoms with E-state index >= 15 is 0 Å². The number of carbonyl (C=O) groups is 1. The zero-order chi connectivity index (χ0) is 16.1. The van der Waals surface area contributed by atoms with Crippen LogP contribution in [0.2, 0.25) is 0 Å². The molecule has 3 rings (SSSR count). The molecule has 1 aliphatic carbocycles. The van der Waals surface area contributed by atoms with Crippen LogP contribution in [0.15, 0.2) is 24.3 Å². The van der Waals surface area contributed by atoms with Gasteiger partial charge in [-0.25, -0.2) is 4.79 Å². The number of carbonyl (C=O) groups excluding carboxylic acids is 1. The Balaban J connectivity index is 1.56. The lowest BCUT2D eigenvalue weighted by atomic mass is 10.1. The van der Waals surface area contributed by atoms with Gasteiger partial charge in [0.05, 0.1) is 13.2 Å². The smallest absolute Gasteiger partial charge is 0.317 e. The van der Waals surface area contributed by atoms with E-state index in [2.05, 4.69) is 36.5 Å². The molecule has 1 N–H and O–H groups in total. The van der Waals surface area contributed by atoms with Crippen molar-refractivity contribution in [1.29, 1.82) is 0 Å². The highest BCUT2D eigenvalue weighted by atomic mass is 16.5. The molecule has 0 spiro atoms. The molecule has 4 nitrogen and oxygen atoms in total. The highest BCUT2D eigenvalue weighted by Gasteiger charge is 2.26. The third-order valence-corrected chi connectivity index (χ3v) is 4.99. The van der Waals surface area contributed by atoms with Crippen LogP contribution in [0.1, 0.15) is 55.8 Å². The van der Waals surface area contributed by atoms with Crippen molar-refractivity contribution in [3.63, 3.8) is 0 Å². The molecule has 2 fully saturated rings. The first-order valence-electron chi connectivity index (χ1n) is 8.96. The predicted octanol–water partition coefficient (Wildman–Crippen LogP) is 3.80. The number of ether oxygens (including phenoxy) is 1. The molecular formula is C19H28N2O2. The van der Waals surface area contributed by atoms with Gasteiger partial charge in [0.15, 0.2) is 0 Å². The number of aryl methyl sites for hydroxylation is 1. The average Bonchev–Trinajstić information content (AvgIpc) is 2.84. The number of urea groups is 1. The lowest BCUT2D eigenvalue weighted by molar-refractivity contribution is -0.0158. The predicted molar refractivity (Wildman–Crippen MR) is 91.5 cm³/mol. The Morgan fingerprint density at radius 1 is 1.13 bits per heavy atom. The van der Waals surface area contributed by atoms with Crippen molar-refractivity contribution in [2.75, 3.05) is 19.7 Å². The van der Waals surface area contributed by atoms with Crippen LogP contribution < -0.4 is 5.32 Å². The van der Waals surface area contributed by atoms with Crippen molar-refractivity contribution in [2.24, 2.45) is 0 Å². The third kappa shape index (κ3) is 4.47. The molecule has 1 aromatic carbocycles. The molecule has 4 heteroatoms. The molecule has 1 aliphatic heterocycles. The molecule has 2 amide bonds. The molecule has 1 aromatic rings. The normalized spacial score (nSPS) is 23.3. The van der Waals surface area contributed by atoms with E-state index in [4.69, 9.17) is 4.74 Å². The lowest BCUT2D eigenvalue weighted by Crippen LogP contribution is -2.49. The quantitative estimate of drug-likeness (QED) is 0.843. The molecule has 0 radical (unpaired) electrons. The van der Waals surface area contributed by atoms with Gasteiger partial charge in [0.2, 0.25) is 0 Å². The van der Waals surface area contributed by atoms with E-state index in [1.807, 2.05) is 4.90 Å². The van der Waals surface area contributed by atoms with Gasteiger partial charge in [-0.1, -0.05) is 55.5 Å². The molecule has 0 aromatic heterocycles. The van der Waals surface area contributed by atoms with Crippen molar-refractivity contribution in [1.82, 2.24) is 10.2 Å². The first kappa shape index (κ1) is 16.3. The van der Waals surface area contributed by atoms with Gasteiger partial charge in [0, 0.05) is 12.6 Å². The largest absolute Gasteiger partial charge is 0.370 e. The average molecular weight is 316 g/mol. The fourth-order valence-corrected chi connectivity index (χ4v) is 3.51. The second-order valence-corrected chi connectivity index (χ2v) is 6.85. The van der Waals surface area contributed by atoms with Crippen molar-refractivity contribution in [3.8, 4) is 0 Å². The van der Waals surface area contributed by atoms with Crippen LogP contribution >= 0.6 is 0 Å². The molecule has 2 aliphatic rings. The number of benzene rings is 1. The van der Waals surface area contributed by atoms with Crippen molar-refractivity contribution in [2.45, 2.75) is 57.6 Å². The Morgan fingerprint density at radius 3 is 2.52 bits per heavy atom. The summed E-state index contributed by atoms with van der Waals surface area (Å²) in [6, 6.07) is 8.84. The first-order chi connectivity index (χ1) is 11.2. The Labute approximate surface area is 139 Å². The van der Waals surface area contributed by atoms with Crippen molar-refractivity contribution < 1.29 is 9.53 Å². The first-order valence-corrected chi connectivity index (χ1v) is 8.96. The Morgan fingerprint density at radius 2 is 1.83 bits per heavy atom. The summed E-state index contributed by atoms with van der Waals surface area (Å²) in [5.74, 6) is 0. The summed E-state index contributed by atoms with van der Waals surface area (Å²) >= 11 is 0. The summed E-state index contributed by atoms with van der Waals surface area (Å²) in [6.07, 6.45) is 7.32. The number of nitrogens with zero attached hydrogens (tertiary/aromatic N) is 1. The highest BCUT2D eigenvalue weighted by Crippen LogP contribution is 2.23. The summed E-state index contributed by atoms with van der Waals surface area (Å²) in [7, 11) is 0. The van der Waals surface area contributed by atoms with Crippen LogP contribution in [0, 0.1) is 6.92 Å². The topological polar surface area (TPSA) is 41.6 Å². The number of hydrogen-bond donors (Lipinski definition) is 1. The molecule has 1 heterocycles. The van der Waals surface area contributed by atoms with Gasteiger partial charge in [0.25, 0.3) is 0 Å². The minimum Gasteiger partial charge on any atom is -0.370 e. The van der Waals surface area contributed by atoms with Gasteiger partial charge >= 0.3 is 6.03 Å². The van der Waals surface area contributed by atoms with Crippen LogP contribution in [-0.4, -0.2) is 36.7 Å². The number of hydrogen-bond acceptors (Lipinski definition) is 2. The summed E-state index contributed by atoms with van der Waals surface area (Å²) in [5.41, 5.74) is 2.40. The number of nitrogens with one attached hydrogen (secondary N) is 1. The maximum absolute atomic E-state index is 12.6. The number of amides is 2. The van der Waals surface area contributed by atoms with E-state index in [1.54, 1.807) is 0 Å². The van der Waals surface area contributed by atoms with Crippen LogP contribution in [0.5, 0.6) is 0 Å². The Kier molecular flexibility index (Phi) is 5.55.